The molecule has 1 aliphatic carbocycles. The summed E-state index contributed by atoms with van der Waals surface area (Å²) < 4.78 is 82.9. The third kappa shape index (κ3) is 5.42. The minimum Gasteiger partial charge on any atom is -0.490 e. The van der Waals surface area contributed by atoms with Gasteiger partial charge >= 0.3 is 6.18 Å². The van der Waals surface area contributed by atoms with E-state index in [1.807, 2.05) is 0 Å². The van der Waals surface area contributed by atoms with E-state index >= 15 is 4.39 Å². The molecule has 1 aromatic carbocycles. The number of anilines is 1. The number of alkyl halides is 3. The lowest BCUT2D eigenvalue weighted by Gasteiger charge is -2.40. The molecule has 2 amide bonds. The van der Waals surface area contributed by atoms with Crippen molar-refractivity contribution >= 4 is 17.5 Å². The van der Waals surface area contributed by atoms with Crippen molar-refractivity contribution in [2.24, 2.45) is 17.6 Å². The number of pyridine rings is 1. The molecule has 0 spiro atoms. The van der Waals surface area contributed by atoms with Gasteiger partial charge in [0.2, 0.25) is 5.82 Å². The Morgan fingerprint density at radius 1 is 1.23 bits per heavy atom. The first-order chi connectivity index (χ1) is 18.0. The first kappa shape index (κ1) is 28.7. The Labute approximate surface area is 220 Å². The molecule has 2 heterocycles. The van der Waals surface area contributed by atoms with Crippen LogP contribution in [0.3, 0.4) is 0 Å². The monoisotopic (exact) mass is 557 g/mol. The predicted molar refractivity (Wildman–Crippen MR) is 128 cm³/mol. The summed E-state index contributed by atoms with van der Waals surface area (Å²) in [4.78, 5) is 28.5. The minimum absolute atomic E-state index is 0.0122. The number of nitrogens with zero attached hydrogens (tertiary/aromatic N) is 1. The summed E-state index contributed by atoms with van der Waals surface area (Å²) in [6.07, 6.45) is -4.87. The maximum Gasteiger partial charge on any atom is 0.417 e. The molecule has 13 heteroatoms. The molecule has 4 N–H and O–H groups in total. The van der Waals surface area contributed by atoms with Crippen molar-refractivity contribution < 1.29 is 46.1 Å². The number of ether oxygens (including phenoxy) is 2. The lowest BCUT2D eigenvalue weighted by Crippen LogP contribution is -2.47. The van der Waals surface area contributed by atoms with Crippen molar-refractivity contribution in [1.82, 2.24) is 4.98 Å². The van der Waals surface area contributed by atoms with Gasteiger partial charge in [0.1, 0.15) is 11.8 Å². The van der Waals surface area contributed by atoms with Gasteiger partial charge in [-0.1, -0.05) is 13.0 Å². The molecule has 1 saturated carbocycles. The van der Waals surface area contributed by atoms with Gasteiger partial charge < -0.3 is 25.6 Å². The van der Waals surface area contributed by atoms with Crippen LogP contribution in [-0.4, -0.2) is 52.0 Å². The molecule has 2 fully saturated rings. The van der Waals surface area contributed by atoms with Gasteiger partial charge in [-0.05, 0) is 50.8 Å². The smallest absolute Gasteiger partial charge is 0.417 e. The second-order valence-corrected chi connectivity index (χ2v) is 10.6. The molecule has 2 aliphatic rings. The molecule has 0 radical (unpaired) electrons. The molecule has 39 heavy (non-hydrogen) atoms. The third-order valence-corrected chi connectivity index (χ3v) is 7.57. The van der Waals surface area contributed by atoms with Crippen LogP contribution in [0.1, 0.15) is 55.6 Å². The molecule has 4 rings (SSSR count). The number of aromatic nitrogens is 1. The van der Waals surface area contributed by atoms with Crippen LogP contribution in [0.15, 0.2) is 30.5 Å². The Morgan fingerprint density at radius 3 is 2.49 bits per heavy atom. The predicted octanol–water partition coefficient (Wildman–Crippen LogP) is 4.08. The van der Waals surface area contributed by atoms with Crippen LogP contribution >= 0.6 is 0 Å². The van der Waals surface area contributed by atoms with Crippen molar-refractivity contribution in [2.45, 2.75) is 63.0 Å². The zero-order chi connectivity index (χ0) is 28.9. The van der Waals surface area contributed by atoms with Crippen LogP contribution in [-0.2, 0) is 9.53 Å². The summed E-state index contributed by atoms with van der Waals surface area (Å²) in [5.41, 5.74) is 1.10. The number of hydrogen-bond donors (Lipinski definition) is 3. The summed E-state index contributed by atoms with van der Waals surface area (Å²) in [7, 11) is 0. The average molecular weight is 558 g/mol. The van der Waals surface area contributed by atoms with Crippen molar-refractivity contribution in [2.75, 3.05) is 11.9 Å². The summed E-state index contributed by atoms with van der Waals surface area (Å²) in [5, 5.41) is 12.3. The highest BCUT2D eigenvalue weighted by Gasteiger charge is 2.66. The molecule has 0 bridgehead atoms. The fourth-order valence-electron chi connectivity index (χ4n) is 5.34. The molecule has 212 valence electrons. The molecular formula is C26H28F5N3O5. The molecule has 1 aliphatic heterocycles. The van der Waals surface area contributed by atoms with Gasteiger partial charge in [-0.15, -0.1) is 0 Å². The van der Waals surface area contributed by atoms with E-state index in [-0.39, 0.29) is 29.5 Å². The number of carbonyl (C=O) groups is 2. The van der Waals surface area contributed by atoms with Crippen LogP contribution in [0, 0.1) is 23.5 Å². The second-order valence-electron chi connectivity index (χ2n) is 10.6. The largest absolute Gasteiger partial charge is 0.490 e. The Kier molecular flexibility index (Phi) is 7.36. The molecule has 2 aromatic rings. The Morgan fingerprint density at radius 2 is 1.90 bits per heavy atom. The zero-order valence-corrected chi connectivity index (χ0v) is 21.3. The average Bonchev–Trinajstić information content (AvgIpc) is 3.10. The first-order valence-corrected chi connectivity index (χ1v) is 12.2. The third-order valence-electron chi connectivity index (χ3n) is 7.57. The van der Waals surface area contributed by atoms with E-state index in [0.29, 0.717) is 12.8 Å². The number of nitrogens with two attached hydrogens (primary N) is 1. The van der Waals surface area contributed by atoms with Gasteiger partial charge in [-0.3, -0.25) is 14.6 Å². The number of rotatable bonds is 7. The fourth-order valence-corrected chi connectivity index (χ4v) is 5.34. The zero-order valence-electron chi connectivity index (χ0n) is 21.3. The number of carbonyl (C=O) groups excluding carboxylic acids is 2. The Bertz CT molecular complexity index is 1280. The van der Waals surface area contributed by atoms with Crippen LogP contribution in [0.25, 0.3) is 0 Å². The van der Waals surface area contributed by atoms with E-state index in [1.54, 1.807) is 6.92 Å². The Hall–Kier alpha value is -3.32. The van der Waals surface area contributed by atoms with Gasteiger partial charge in [0.15, 0.2) is 17.2 Å². The maximum atomic E-state index is 15.0. The minimum atomic E-state index is -4.92. The number of halogens is 5. The van der Waals surface area contributed by atoms with E-state index in [1.165, 1.54) is 19.2 Å². The van der Waals surface area contributed by atoms with Crippen molar-refractivity contribution in [3.8, 4) is 5.75 Å². The molecular weight excluding hydrogens is 529 g/mol. The van der Waals surface area contributed by atoms with Gasteiger partial charge in [0.25, 0.3) is 11.8 Å². The van der Waals surface area contributed by atoms with Gasteiger partial charge in [0.05, 0.1) is 12.2 Å². The van der Waals surface area contributed by atoms with Gasteiger partial charge in [0, 0.05) is 29.3 Å². The quantitative estimate of drug-likeness (QED) is 0.441. The summed E-state index contributed by atoms with van der Waals surface area (Å²) in [5.74, 6) is -8.26. The number of aliphatic hydroxyl groups is 1. The Balaban J connectivity index is 1.71. The van der Waals surface area contributed by atoms with Crippen LogP contribution in [0.5, 0.6) is 5.75 Å². The first-order valence-electron chi connectivity index (χ1n) is 12.2. The van der Waals surface area contributed by atoms with Crippen LogP contribution in [0.2, 0.25) is 0 Å². The second kappa shape index (κ2) is 10.0. The summed E-state index contributed by atoms with van der Waals surface area (Å²) >= 11 is 0. The number of nitrogens with one attached hydrogen (secondary N) is 1. The van der Waals surface area contributed by atoms with E-state index in [2.05, 4.69) is 10.3 Å². The normalized spacial score (nSPS) is 30.5. The van der Waals surface area contributed by atoms with E-state index in [9.17, 15) is 32.3 Å². The number of primary amides is 1. The van der Waals surface area contributed by atoms with E-state index in [4.69, 9.17) is 15.2 Å². The topological polar surface area (TPSA) is 124 Å². The number of amides is 2. The standard InChI is InChI=1S/C26H28F5N3O5/c1-12-18(15-4-5-16(27)19(28)20(15)38-11-13-9-24(2,37)10-13)21(39-25(12,3)26(29,30)31)23(36)34-14-6-7-33-17(8-14)22(32)35/h4-8,12-13,18,21,37H,9-11H2,1-3H3,(H2,32,35)(H,33,34,36)/t12-,13-,18-,21+,24-,25+/m0/s1. The van der Waals surface area contributed by atoms with Gasteiger partial charge in [-0.2, -0.15) is 17.6 Å². The number of hydrogen-bond acceptors (Lipinski definition) is 6. The summed E-state index contributed by atoms with van der Waals surface area (Å²) in [6, 6.07) is 4.25. The van der Waals surface area contributed by atoms with E-state index in [0.717, 1.165) is 25.1 Å². The molecule has 1 saturated heterocycles. The molecule has 0 unspecified atom stereocenters. The summed E-state index contributed by atoms with van der Waals surface area (Å²) in [6.45, 7) is 3.49. The molecule has 8 nitrogen and oxygen atoms in total. The fraction of sp³-hybridized carbons (Fsp3) is 0.500. The number of benzene rings is 1. The molecule has 1 aromatic heterocycles. The van der Waals surface area contributed by atoms with Crippen molar-refractivity contribution in [3.05, 3.63) is 53.4 Å². The lowest BCUT2D eigenvalue weighted by molar-refractivity contribution is -0.272. The lowest BCUT2D eigenvalue weighted by atomic mass is 9.72. The van der Waals surface area contributed by atoms with Crippen molar-refractivity contribution in [3.63, 3.8) is 0 Å². The SMILES string of the molecule is C[C@H]1[C@@H](c2ccc(F)c(F)c2OC[C@H]2C[C@](C)(O)C2)[C@H](C(=O)Nc2ccnc(C(N)=O)c2)O[C@@]1(C)C(F)(F)F. The highest BCUT2D eigenvalue weighted by atomic mass is 19.4. The van der Waals surface area contributed by atoms with Crippen molar-refractivity contribution in [1.29, 1.82) is 0 Å². The maximum absolute atomic E-state index is 15.0. The highest BCUT2D eigenvalue weighted by molar-refractivity contribution is 5.97. The van der Waals surface area contributed by atoms with E-state index < -0.39 is 64.5 Å². The molecule has 4 atom stereocenters. The van der Waals surface area contributed by atoms with Crippen LogP contribution in [0.4, 0.5) is 27.6 Å². The van der Waals surface area contributed by atoms with Gasteiger partial charge in [-0.25, -0.2) is 4.39 Å². The highest BCUT2D eigenvalue weighted by Crippen LogP contribution is 2.55. The van der Waals surface area contributed by atoms with Crippen LogP contribution < -0.4 is 15.8 Å².